The summed E-state index contributed by atoms with van der Waals surface area (Å²) in [5.41, 5.74) is 9.01. The summed E-state index contributed by atoms with van der Waals surface area (Å²) in [6.07, 6.45) is 0.782. The monoisotopic (exact) mass is 350 g/mol. The van der Waals surface area contributed by atoms with E-state index in [9.17, 15) is 9.59 Å². The lowest BCUT2D eigenvalue weighted by Gasteiger charge is -2.07. The Hall–Kier alpha value is -3.28. The number of anilines is 2. The van der Waals surface area contributed by atoms with Crippen molar-refractivity contribution in [2.24, 2.45) is 7.05 Å². The molecule has 0 aliphatic heterocycles. The highest BCUT2D eigenvalue weighted by Crippen LogP contribution is 2.16. The minimum atomic E-state index is -0.247. The quantitative estimate of drug-likeness (QED) is 0.694. The van der Waals surface area contributed by atoms with E-state index in [1.54, 1.807) is 16.4 Å². The lowest BCUT2D eigenvalue weighted by atomic mass is 10.1. The largest absolute Gasteiger partial charge is 0.399 e. The Kier molecular flexibility index (Phi) is 4.93. The van der Waals surface area contributed by atoms with Crippen molar-refractivity contribution in [1.82, 2.24) is 9.36 Å². The second-order valence-electron chi connectivity index (χ2n) is 6.18. The van der Waals surface area contributed by atoms with E-state index < -0.39 is 0 Å². The zero-order valence-electron chi connectivity index (χ0n) is 14.9. The fourth-order valence-electron chi connectivity index (χ4n) is 2.92. The summed E-state index contributed by atoms with van der Waals surface area (Å²) in [5, 5.41) is 2.77. The van der Waals surface area contributed by atoms with Gasteiger partial charge >= 0.3 is 0 Å². The first kappa shape index (κ1) is 17.5. The van der Waals surface area contributed by atoms with Crippen molar-refractivity contribution in [3.05, 3.63) is 76.2 Å². The number of amides is 1. The number of hydrogen-bond donors (Lipinski definition) is 2. The molecule has 0 spiro atoms. The maximum Gasteiger partial charge on any atom is 0.295 e. The number of carbonyl (C=O) groups excluding carboxylic acids is 1. The molecule has 1 aromatic heterocycles. The molecular weight excluding hydrogens is 328 g/mol. The molecule has 0 aliphatic carbocycles. The smallest absolute Gasteiger partial charge is 0.295 e. The van der Waals surface area contributed by atoms with Crippen LogP contribution in [0, 0.1) is 6.92 Å². The van der Waals surface area contributed by atoms with Crippen LogP contribution in [-0.4, -0.2) is 15.3 Å². The van der Waals surface area contributed by atoms with Crippen LogP contribution in [0.5, 0.6) is 0 Å². The molecule has 1 heterocycles. The lowest BCUT2D eigenvalue weighted by molar-refractivity contribution is -0.116. The van der Waals surface area contributed by atoms with Crippen LogP contribution >= 0.6 is 0 Å². The SMILES string of the molecule is Cc1c(NC(=O)CCc2ccccc2N)c(=O)n(-c2ccccc2)n1C. The Bertz CT molecular complexity index is 987. The van der Waals surface area contributed by atoms with Crippen LogP contribution in [0.4, 0.5) is 11.4 Å². The van der Waals surface area contributed by atoms with Gasteiger partial charge in [-0.1, -0.05) is 36.4 Å². The number of hydrogen-bond acceptors (Lipinski definition) is 3. The lowest BCUT2D eigenvalue weighted by Crippen LogP contribution is -2.23. The normalized spacial score (nSPS) is 10.7. The Morgan fingerprint density at radius 1 is 1.08 bits per heavy atom. The van der Waals surface area contributed by atoms with E-state index in [2.05, 4.69) is 5.32 Å². The van der Waals surface area contributed by atoms with Gasteiger partial charge in [0.2, 0.25) is 5.91 Å². The zero-order valence-corrected chi connectivity index (χ0v) is 14.9. The van der Waals surface area contributed by atoms with Crippen LogP contribution in [0.2, 0.25) is 0 Å². The summed E-state index contributed by atoms with van der Waals surface area (Å²) in [6.45, 7) is 1.81. The molecule has 6 heteroatoms. The number of benzene rings is 2. The van der Waals surface area contributed by atoms with E-state index in [1.165, 1.54) is 0 Å². The molecule has 0 saturated carbocycles. The molecule has 3 aromatic rings. The topological polar surface area (TPSA) is 82.1 Å². The molecule has 134 valence electrons. The molecule has 2 aromatic carbocycles. The minimum absolute atomic E-state index is 0.209. The summed E-state index contributed by atoms with van der Waals surface area (Å²) >= 11 is 0. The molecular formula is C20H22N4O2. The van der Waals surface area contributed by atoms with Gasteiger partial charge in [-0.3, -0.25) is 14.3 Å². The van der Waals surface area contributed by atoms with Crippen molar-refractivity contribution < 1.29 is 4.79 Å². The fourth-order valence-corrected chi connectivity index (χ4v) is 2.92. The Morgan fingerprint density at radius 3 is 2.42 bits per heavy atom. The van der Waals surface area contributed by atoms with Crippen molar-refractivity contribution in [1.29, 1.82) is 0 Å². The molecule has 6 nitrogen and oxygen atoms in total. The van der Waals surface area contributed by atoms with Crippen LogP contribution < -0.4 is 16.6 Å². The first-order chi connectivity index (χ1) is 12.5. The van der Waals surface area contributed by atoms with Crippen molar-refractivity contribution in [3.8, 4) is 5.69 Å². The van der Waals surface area contributed by atoms with Crippen LogP contribution in [-0.2, 0) is 18.3 Å². The van der Waals surface area contributed by atoms with Gasteiger partial charge in [0.25, 0.3) is 5.56 Å². The maximum absolute atomic E-state index is 12.8. The Morgan fingerprint density at radius 2 is 1.73 bits per heavy atom. The summed E-state index contributed by atoms with van der Waals surface area (Å²) in [6, 6.07) is 16.8. The highest BCUT2D eigenvalue weighted by molar-refractivity contribution is 5.91. The molecule has 0 radical (unpaired) electrons. The molecule has 0 atom stereocenters. The van der Waals surface area contributed by atoms with Crippen molar-refractivity contribution >= 4 is 17.3 Å². The molecule has 3 N–H and O–H groups in total. The van der Waals surface area contributed by atoms with Crippen LogP contribution in [0.25, 0.3) is 5.69 Å². The molecule has 0 unspecified atom stereocenters. The average Bonchev–Trinajstić information content (AvgIpc) is 2.85. The number of aromatic nitrogens is 2. The zero-order chi connectivity index (χ0) is 18.7. The van der Waals surface area contributed by atoms with Crippen molar-refractivity contribution in [3.63, 3.8) is 0 Å². The number of nitrogens with two attached hydrogens (primary N) is 1. The van der Waals surface area contributed by atoms with Gasteiger partial charge in [-0.15, -0.1) is 0 Å². The molecule has 0 aliphatic rings. The first-order valence-electron chi connectivity index (χ1n) is 8.46. The number of para-hydroxylation sites is 2. The van der Waals surface area contributed by atoms with E-state index in [0.717, 1.165) is 11.3 Å². The molecule has 0 bridgehead atoms. The molecule has 3 rings (SSSR count). The predicted octanol–water partition coefficient (Wildman–Crippen LogP) is 2.64. The van der Waals surface area contributed by atoms with E-state index in [0.29, 0.717) is 23.5 Å². The first-order valence-corrected chi connectivity index (χ1v) is 8.46. The number of aryl methyl sites for hydroxylation is 1. The van der Waals surface area contributed by atoms with Crippen LogP contribution in [0.3, 0.4) is 0 Å². The number of nitrogens with one attached hydrogen (secondary N) is 1. The van der Waals surface area contributed by atoms with Crippen LogP contribution in [0.1, 0.15) is 17.7 Å². The van der Waals surface area contributed by atoms with E-state index in [4.69, 9.17) is 5.73 Å². The minimum Gasteiger partial charge on any atom is -0.399 e. The number of nitrogen functional groups attached to an aromatic ring is 1. The highest BCUT2D eigenvalue weighted by Gasteiger charge is 2.18. The number of carbonyl (C=O) groups is 1. The van der Waals surface area contributed by atoms with Gasteiger partial charge in [0.05, 0.1) is 11.4 Å². The van der Waals surface area contributed by atoms with Crippen molar-refractivity contribution in [2.75, 3.05) is 11.1 Å². The van der Waals surface area contributed by atoms with Gasteiger partial charge in [0, 0.05) is 19.2 Å². The van der Waals surface area contributed by atoms with E-state index >= 15 is 0 Å². The van der Waals surface area contributed by atoms with Gasteiger partial charge in [0.1, 0.15) is 5.69 Å². The summed E-state index contributed by atoms with van der Waals surface area (Å²) < 4.78 is 3.28. The third kappa shape index (κ3) is 3.39. The highest BCUT2D eigenvalue weighted by atomic mass is 16.2. The number of rotatable bonds is 5. The summed E-state index contributed by atoms with van der Waals surface area (Å²) in [5.74, 6) is -0.209. The second-order valence-corrected chi connectivity index (χ2v) is 6.18. The standard InChI is InChI=1S/C20H22N4O2/c1-14-19(20(26)24(23(14)2)16-9-4-3-5-10-16)22-18(25)13-12-15-8-6-7-11-17(15)21/h3-11H,12-13,21H2,1-2H3,(H,22,25). The Balaban J connectivity index is 1.79. The predicted molar refractivity (Wildman–Crippen MR) is 104 cm³/mol. The molecule has 0 fully saturated rings. The molecule has 0 saturated heterocycles. The molecule has 1 amide bonds. The number of nitrogens with zero attached hydrogens (tertiary/aromatic N) is 2. The molecule has 26 heavy (non-hydrogen) atoms. The Labute approximate surface area is 151 Å². The van der Waals surface area contributed by atoms with E-state index in [1.807, 2.05) is 61.5 Å². The van der Waals surface area contributed by atoms with Gasteiger partial charge in [-0.25, -0.2) is 4.68 Å². The van der Waals surface area contributed by atoms with Gasteiger partial charge in [-0.05, 0) is 37.1 Å². The van der Waals surface area contributed by atoms with Crippen LogP contribution in [0.15, 0.2) is 59.4 Å². The van der Waals surface area contributed by atoms with Gasteiger partial charge < -0.3 is 11.1 Å². The van der Waals surface area contributed by atoms with Gasteiger partial charge in [-0.2, -0.15) is 0 Å². The fraction of sp³-hybridized carbons (Fsp3) is 0.200. The second kappa shape index (κ2) is 7.31. The van der Waals surface area contributed by atoms with Gasteiger partial charge in [0.15, 0.2) is 0 Å². The summed E-state index contributed by atoms with van der Waals surface area (Å²) in [7, 11) is 1.80. The summed E-state index contributed by atoms with van der Waals surface area (Å²) in [4.78, 5) is 25.1. The maximum atomic E-state index is 12.8. The third-order valence-corrected chi connectivity index (χ3v) is 4.50. The third-order valence-electron chi connectivity index (χ3n) is 4.50. The van der Waals surface area contributed by atoms with Crippen molar-refractivity contribution in [2.45, 2.75) is 19.8 Å². The van der Waals surface area contributed by atoms with E-state index in [-0.39, 0.29) is 17.9 Å². The average molecular weight is 350 g/mol.